The van der Waals surface area contributed by atoms with Crippen LogP contribution >= 0.6 is 0 Å². The van der Waals surface area contributed by atoms with Gasteiger partial charge in [0.1, 0.15) is 12.4 Å². The summed E-state index contributed by atoms with van der Waals surface area (Å²) in [5.41, 5.74) is 8.33. The second-order valence-corrected chi connectivity index (χ2v) is 8.05. The topological polar surface area (TPSA) is 193 Å². The van der Waals surface area contributed by atoms with Crippen LogP contribution in [0.3, 0.4) is 0 Å². The third-order valence-corrected chi connectivity index (χ3v) is 4.98. The molecule has 0 radical (unpaired) electrons. The first-order chi connectivity index (χ1) is 17.7. The van der Waals surface area contributed by atoms with Gasteiger partial charge in [0.15, 0.2) is 0 Å². The first-order valence-corrected chi connectivity index (χ1v) is 11.9. The molecule has 0 aliphatic carbocycles. The van der Waals surface area contributed by atoms with Gasteiger partial charge in [0.25, 0.3) is 0 Å². The molecule has 0 aromatic heterocycles. The molecule has 0 bridgehead atoms. The van der Waals surface area contributed by atoms with Gasteiger partial charge in [-0.1, -0.05) is 36.3 Å². The summed E-state index contributed by atoms with van der Waals surface area (Å²) >= 11 is 0. The summed E-state index contributed by atoms with van der Waals surface area (Å²) < 4.78 is 0. The number of rotatable bonds is 17. The maximum atomic E-state index is 11.8. The fourth-order valence-electron chi connectivity index (χ4n) is 2.89. The van der Waals surface area contributed by atoms with Crippen molar-refractivity contribution in [1.29, 1.82) is 0 Å². The van der Waals surface area contributed by atoms with E-state index in [2.05, 4.69) is 31.7 Å². The van der Waals surface area contributed by atoms with Crippen LogP contribution in [-0.2, 0) is 35.2 Å². The quantitative estimate of drug-likeness (QED) is 0.0770. The Morgan fingerprint density at radius 2 is 1.38 bits per heavy atom. The van der Waals surface area contributed by atoms with E-state index in [1.165, 1.54) is 0 Å². The smallest absolute Gasteiger partial charge is 0.239 e. The fourth-order valence-corrected chi connectivity index (χ4v) is 2.89. The van der Waals surface area contributed by atoms with Gasteiger partial charge in [-0.05, 0) is 31.5 Å². The minimum absolute atomic E-state index is 0.0254. The molecule has 4 amide bonds. The Morgan fingerprint density at radius 3 is 1.89 bits per heavy atom. The lowest BCUT2D eigenvalue weighted by Gasteiger charge is -2.10. The normalized spacial score (nSPS) is 11.7. The molecule has 0 aliphatic rings. The molecule has 1 aromatic carbocycles. The van der Waals surface area contributed by atoms with Crippen molar-refractivity contribution in [1.82, 2.24) is 26.6 Å². The van der Waals surface area contributed by atoms with E-state index in [1.54, 1.807) is 20.9 Å². The average Bonchev–Trinajstić information content (AvgIpc) is 2.89. The Kier molecular flexibility index (Phi) is 14.8. The fraction of sp³-hybridized carbons (Fsp3) is 0.500. The van der Waals surface area contributed by atoms with Crippen LogP contribution < -0.4 is 32.3 Å². The zero-order chi connectivity index (χ0) is 27.6. The zero-order valence-electron chi connectivity index (χ0n) is 21.5. The monoisotopic (exact) mass is 519 g/mol. The van der Waals surface area contributed by atoms with Crippen molar-refractivity contribution in [2.45, 2.75) is 32.7 Å². The third-order valence-electron chi connectivity index (χ3n) is 4.98. The molecule has 0 spiro atoms. The molecule has 13 heteroatoms. The van der Waals surface area contributed by atoms with Crippen molar-refractivity contribution in [3.05, 3.63) is 35.4 Å². The molecule has 0 heterocycles. The molecule has 0 saturated carbocycles. The lowest BCUT2D eigenvalue weighted by atomic mass is 10.00. The van der Waals surface area contributed by atoms with E-state index in [9.17, 15) is 24.0 Å². The Morgan fingerprint density at radius 1 is 0.865 bits per heavy atom. The predicted octanol–water partition coefficient (Wildman–Crippen LogP) is -2.04. The van der Waals surface area contributed by atoms with Gasteiger partial charge in [0, 0.05) is 6.42 Å². The van der Waals surface area contributed by atoms with Crippen LogP contribution in [-0.4, -0.2) is 87.5 Å². The maximum Gasteiger partial charge on any atom is 0.239 e. The molecule has 0 unspecified atom stereocenters. The summed E-state index contributed by atoms with van der Waals surface area (Å²) in [6.07, 6.45) is 0.892. The lowest BCUT2D eigenvalue weighted by molar-refractivity contribution is -0.128. The SMILES string of the molecule is CCC(=O)[C@@H](N)Cc1ccc(/C(C)=N/OCCNC(=O)CNC(=O)CNC(=O)CNC(=O)CNC)cc1. The second-order valence-electron chi connectivity index (χ2n) is 8.05. The van der Waals surface area contributed by atoms with E-state index in [-0.39, 0.29) is 51.0 Å². The van der Waals surface area contributed by atoms with Gasteiger partial charge in [-0.3, -0.25) is 24.0 Å². The number of amides is 4. The third kappa shape index (κ3) is 13.7. The van der Waals surface area contributed by atoms with Crippen LogP contribution in [0.25, 0.3) is 0 Å². The molecular formula is C24H37N7O6. The van der Waals surface area contributed by atoms with Crippen LogP contribution in [0.1, 0.15) is 31.4 Å². The van der Waals surface area contributed by atoms with Crippen LogP contribution in [0.2, 0.25) is 0 Å². The summed E-state index contributed by atoms with van der Waals surface area (Å²) in [5, 5.41) is 16.3. The van der Waals surface area contributed by atoms with Crippen molar-refractivity contribution >= 4 is 35.1 Å². The standard InChI is InChI=1S/C24H37N7O6/c1-4-20(32)19(25)11-17-5-7-18(8-6-17)16(2)31-37-10-9-27-22(34)13-29-24(36)15-30-23(35)14-28-21(33)12-26-3/h5-8,19,26H,4,9-15,25H2,1-3H3,(H,27,34)(H,28,33)(H,29,36)(H,30,35)/b31-16+/t19-/m0/s1. The summed E-state index contributed by atoms with van der Waals surface area (Å²) in [6, 6.07) is 7.01. The van der Waals surface area contributed by atoms with Gasteiger partial charge in [-0.25, -0.2) is 0 Å². The molecule has 0 aliphatic heterocycles. The van der Waals surface area contributed by atoms with E-state index in [0.29, 0.717) is 18.6 Å². The Bertz CT molecular complexity index is 949. The number of nitrogens with two attached hydrogens (primary N) is 1. The average molecular weight is 520 g/mol. The molecular weight excluding hydrogens is 482 g/mol. The van der Waals surface area contributed by atoms with Crippen molar-refractivity contribution < 1.29 is 28.8 Å². The number of carbonyl (C=O) groups is 5. The number of ketones is 1. The predicted molar refractivity (Wildman–Crippen MR) is 138 cm³/mol. The van der Waals surface area contributed by atoms with E-state index in [1.807, 2.05) is 24.3 Å². The van der Waals surface area contributed by atoms with Crippen molar-refractivity contribution in [3.8, 4) is 0 Å². The van der Waals surface area contributed by atoms with Crippen LogP contribution in [0.15, 0.2) is 29.4 Å². The number of likely N-dealkylation sites (N-methyl/N-ethyl adjacent to an activating group) is 1. The molecule has 7 N–H and O–H groups in total. The van der Waals surface area contributed by atoms with Gasteiger partial charge >= 0.3 is 0 Å². The molecule has 13 nitrogen and oxygen atoms in total. The van der Waals surface area contributed by atoms with Crippen molar-refractivity contribution in [3.63, 3.8) is 0 Å². The molecule has 1 atom stereocenters. The first kappa shape index (κ1) is 31.2. The number of hydrogen-bond acceptors (Lipinski definition) is 9. The van der Waals surface area contributed by atoms with Gasteiger partial charge in [0.2, 0.25) is 23.6 Å². The number of hydrogen-bond donors (Lipinski definition) is 6. The highest BCUT2D eigenvalue weighted by Crippen LogP contribution is 2.09. The van der Waals surface area contributed by atoms with Crippen molar-refractivity contribution in [2.75, 3.05) is 46.4 Å². The van der Waals surface area contributed by atoms with Crippen LogP contribution in [0, 0.1) is 0 Å². The Balaban J connectivity index is 2.22. The zero-order valence-corrected chi connectivity index (χ0v) is 21.5. The molecule has 0 fully saturated rings. The summed E-state index contributed by atoms with van der Waals surface area (Å²) in [5.74, 6) is -1.83. The molecule has 0 saturated heterocycles. The highest BCUT2D eigenvalue weighted by atomic mass is 16.6. The number of Topliss-reactive ketones (excluding diaryl/α,β-unsaturated/α-hetero) is 1. The molecule has 37 heavy (non-hydrogen) atoms. The number of nitrogens with zero attached hydrogens (tertiary/aromatic N) is 1. The molecule has 1 aromatic rings. The highest BCUT2D eigenvalue weighted by molar-refractivity contribution is 5.98. The van der Waals surface area contributed by atoms with Gasteiger partial charge < -0.3 is 37.2 Å². The molecule has 1 rings (SSSR count). The van der Waals surface area contributed by atoms with Crippen LogP contribution in [0.5, 0.6) is 0 Å². The Hall–Kier alpha value is -3.84. The summed E-state index contributed by atoms with van der Waals surface area (Å²) in [6.45, 7) is 3.11. The van der Waals surface area contributed by atoms with Crippen LogP contribution in [0.4, 0.5) is 0 Å². The maximum absolute atomic E-state index is 11.8. The summed E-state index contributed by atoms with van der Waals surface area (Å²) in [7, 11) is 1.60. The van der Waals surface area contributed by atoms with Gasteiger partial charge in [-0.2, -0.15) is 0 Å². The second kappa shape index (κ2) is 17.6. The van der Waals surface area contributed by atoms with E-state index < -0.39 is 23.8 Å². The van der Waals surface area contributed by atoms with Gasteiger partial charge in [-0.15, -0.1) is 0 Å². The van der Waals surface area contributed by atoms with E-state index in [0.717, 1.165) is 11.1 Å². The number of oxime groups is 1. The number of carbonyl (C=O) groups excluding carboxylic acids is 5. The number of benzene rings is 1. The van der Waals surface area contributed by atoms with Crippen molar-refractivity contribution in [2.24, 2.45) is 10.9 Å². The van der Waals surface area contributed by atoms with E-state index >= 15 is 0 Å². The largest absolute Gasteiger partial charge is 0.394 e. The Labute approximate surface area is 216 Å². The minimum Gasteiger partial charge on any atom is -0.394 e. The number of nitrogens with one attached hydrogen (secondary N) is 5. The van der Waals surface area contributed by atoms with Gasteiger partial charge in [0.05, 0.1) is 44.5 Å². The highest BCUT2D eigenvalue weighted by Gasteiger charge is 2.12. The van der Waals surface area contributed by atoms with E-state index in [4.69, 9.17) is 10.6 Å². The first-order valence-electron chi connectivity index (χ1n) is 11.9. The summed E-state index contributed by atoms with van der Waals surface area (Å²) in [4.78, 5) is 63.2. The lowest BCUT2D eigenvalue weighted by Crippen LogP contribution is -2.45. The minimum atomic E-state index is -0.550. The molecule has 204 valence electrons.